The maximum absolute atomic E-state index is 12.2. The second-order valence-electron chi connectivity index (χ2n) is 5.96. The molecule has 1 heterocycles. The van der Waals surface area contributed by atoms with Crippen molar-refractivity contribution < 1.29 is 24.2 Å². The molecule has 114 valence electrons. The fourth-order valence-corrected chi connectivity index (χ4v) is 2.25. The number of nitrogens with zero attached hydrogens (tertiary/aromatic N) is 1. The molecule has 7 nitrogen and oxygen atoms in total. The molecule has 1 fully saturated rings. The van der Waals surface area contributed by atoms with E-state index < -0.39 is 35.5 Å². The predicted octanol–water partition coefficient (Wildman–Crippen LogP) is 0.833. The van der Waals surface area contributed by atoms with Crippen LogP contribution in [0, 0.1) is 5.41 Å². The second kappa shape index (κ2) is 6.11. The molecular weight excluding hydrogens is 264 g/mol. The number of hydrogen-bond acceptors (Lipinski definition) is 4. The quantitative estimate of drug-likeness (QED) is 0.749. The van der Waals surface area contributed by atoms with Gasteiger partial charge in [0.25, 0.3) is 0 Å². The highest BCUT2D eigenvalue weighted by Crippen LogP contribution is 2.22. The SMILES string of the molecule is COC(=O)C1CCCN1C(=O)NC(C(=O)O)C(C)(C)C. The maximum Gasteiger partial charge on any atom is 0.328 e. The van der Waals surface area contributed by atoms with Gasteiger partial charge < -0.3 is 20.1 Å². The van der Waals surface area contributed by atoms with Crippen molar-refractivity contribution in [3.8, 4) is 0 Å². The molecule has 1 saturated heterocycles. The molecule has 0 aliphatic carbocycles. The van der Waals surface area contributed by atoms with Crippen molar-refractivity contribution in [3.63, 3.8) is 0 Å². The first kappa shape index (κ1) is 16.3. The van der Waals surface area contributed by atoms with E-state index in [4.69, 9.17) is 0 Å². The van der Waals surface area contributed by atoms with Crippen molar-refractivity contribution >= 4 is 18.0 Å². The van der Waals surface area contributed by atoms with Crippen LogP contribution in [0.4, 0.5) is 4.79 Å². The summed E-state index contributed by atoms with van der Waals surface area (Å²) in [5.74, 6) is -1.57. The summed E-state index contributed by atoms with van der Waals surface area (Å²) in [6, 6.07) is -2.19. The first-order valence-electron chi connectivity index (χ1n) is 6.56. The van der Waals surface area contributed by atoms with Gasteiger partial charge in [-0.2, -0.15) is 0 Å². The van der Waals surface area contributed by atoms with E-state index in [0.717, 1.165) is 0 Å². The van der Waals surface area contributed by atoms with Crippen LogP contribution in [-0.4, -0.2) is 53.7 Å². The lowest BCUT2D eigenvalue weighted by atomic mass is 9.87. The van der Waals surface area contributed by atoms with Crippen LogP contribution in [0.5, 0.6) is 0 Å². The third-order valence-electron chi connectivity index (χ3n) is 3.37. The first-order chi connectivity index (χ1) is 9.18. The minimum absolute atomic E-state index is 0.419. The normalized spacial score (nSPS) is 20.4. The molecule has 0 aromatic rings. The molecule has 7 heteroatoms. The van der Waals surface area contributed by atoms with E-state index in [9.17, 15) is 19.5 Å². The third-order valence-corrected chi connectivity index (χ3v) is 3.37. The van der Waals surface area contributed by atoms with E-state index in [1.807, 2.05) is 0 Å². The van der Waals surface area contributed by atoms with Crippen LogP contribution < -0.4 is 5.32 Å². The number of likely N-dealkylation sites (tertiary alicyclic amines) is 1. The summed E-state index contributed by atoms with van der Waals surface area (Å²) < 4.78 is 4.66. The van der Waals surface area contributed by atoms with Crippen molar-refractivity contribution in [2.24, 2.45) is 5.41 Å². The van der Waals surface area contributed by atoms with Crippen LogP contribution in [0.25, 0.3) is 0 Å². The highest BCUT2D eigenvalue weighted by molar-refractivity contribution is 5.87. The predicted molar refractivity (Wildman–Crippen MR) is 71.2 cm³/mol. The maximum atomic E-state index is 12.2. The third kappa shape index (κ3) is 3.61. The number of ether oxygens (including phenoxy) is 1. The number of carbonyl (C=O) groups is 3. The smallest absolute Gasteiger partial charge is 0.328 e. The fourth-order valence-electron chi connectivity index (χ4n) is 2.25. The Hall–Kier alpha value is -1.79. The first-order valence-corrected chi connectivity index (χ1v) is 6.56. The van der Waals surface area contributed by atoms with Gasteiger partial charge in [-0.3, -0.25) is 0 Å². The fraction of sp³-hybridized carbons (Fsp3) is 0.769. The zero-order chi connectivity index (χ0) is 15.5. The number of amides is 2. The molecule has 0 bridgehead atoms. The molecule has 0 aromatic carbocycles. The number of nitrogens with one attached hydrogen (secondary N) is 1. The Kier molecular flexibility index (Phi) is 4.97. The van der Waals surface area contributed by atoms with E-state index in [1.54, 1.807) is 20.8 Å². The number of carboxylic acids is 1. The Bertz CT molecular complexity index is 402. The molecule has 1 rings (SSSR count). The molecule has 1 aliphatic heterocycles. The largest absolute Gasteiger partial charge is 0.480 e. The van der Waals surface area contributed by atoms with Crippen LogP contribution >= 0.6 is 0 Å². The van der Waals surface area contributed by atoms with Gasteiger partial charge in [-0.15, -0.1) is 0 Å². The van der Waals surface area contributed by atoms with E-state index in [2.05, 4.69) is 10.1 Å². The van der Waals surface area contributed by atoms with Crippen molar-refractivity contribution in [1.29, 1.82) is 0 Å². The number of methoxy groups -OCH3 is 1. The summed E-state index contributed by atoms with van der Waals surface area (Å²) in [4.78, 5) is 36.4. The topological polar surface area (TPSA) is 95.9 Å². The molecule has 2 N–H and O–H groups in total. The Morgan fingerprint density at radius 1 is 1.35 bits per heavy atom. The lowest BCUT2D eigenvalue weighted by Gasteiger charge is -2.31. The van der Waals surface area contributed by atoms with Crippen molar-refractivity contribution in [2.75, 3.05) is 13.7 Å². The minimum Gasteiger partial charge on any atom is -0.480 e. The average Bonchev–Trinajstić information content (AvgIpc) is 2.81. The number of hydrogen-bond donors (Lipinski definition) is 2. The summed E-state index contributed by atoms with van der Waals surface area (Å²) in [7, 11) is 1.27. The molecular formula is C13H22N2O5. The van der Waals surface area contributed by atoms with Crippen molar-refractivity contribution in [1.82, 2.24) is 10.2 Å². The van der Waals surface area contributed by atoms with Crippen molar-refractivity contribution in [3.05, 3.63) is 0 Å². The molecule has 20 heavy (non-hydrogen) atoms. The van der Waals surface area contributed by atoms with Gasteiger partial charge in [0.15, 0.2) is 0 Å². The van der Waals surface area contributed by atoms with Gasteiger partial charge >= 0.3 is 18.0 Å². The molecule has 2 unspecified atom stereocenters. The van der Waals surface area contributed by atoms with Crippen LogP contribution in [0.2, 0.25) is 0 Å². The summed E-state index contributed by atoms with van der Waals surface area (Å²) >= 11 is 0. The number of rotatable bonds is 3. The molecule has 0 spiro atoms. The van der Waals surface area contributed by atoms with Gasteiger partial charge in [-0.05, 0) is 18.3 Å². The van der Waals surface area contributed by atoms with E-state index in [-0.39, 0.29) is 0 Å². The molecule has 0 radical (unpaired) electrons. The van der Waals surface area contributed by atoms with Gasteiger partial charge in [0.1, 0.15) is 12.1 Å². The number of carbonyl (C=O) groups excluding carboxylic acids is 2. The lowest BCUT2D eigenvalue weighted by Crippen LogP contribution is -2.55. The van der Waals surface area contributed by atoms with Gasteiger partial charge in [0, 0.05) is 6.54 Å². The summed E-state index contributed by atoms with van der Waals surface area (Å²) in [5, 5.41) is 11.7. The molecule has 0 aromatic heterocycles. The standard InChI is InChI=1S/C13H22N2O5/c1-13(2,3)9(10(16)17)14-12(19)15-7-5-6-8(15)11(18)20-4/h8-9H,5-7H2,1-4H3,(H,14,19)(H,16,17). The van der Waals surface area contributed by atoms with E-state index >= 15 is 0 Å². The number of esters is 1. The highest BCUT2D eigenvalue weighted by atomic mass is 16.5. The van der Waals surface area contributed by atoms with Crippen molar-refractivity contribution in [2.45, 2.75) is 45.7 Å². The average molecular weight is 286 g/mol. The zero-order valence-corrected chi connectivity index (χ0v) is 12.3. The number of carboxylic acid groups (broad SMARTS) is 1. The Morgan fingerprint density at radius 2 is 1.95 bits per heavy atom. The van der Waals surface area contributed by atoms with Gasteiger partial charge in [-0.1, -0.05) is 20.8 Å². The number of urea groups is 1. The minimum atomic E-state index is -1.10. The summed E-state index contributed by atoms with van der Waals surface area (Å²) in [5.41, 5.74) is -0.623. The Balaban J connectivity index is 2.79. The number of aliphatic carboxylic acids is 1. The second-order valence-corrected chi connectivity index (χ2v) is 5.96. The molecule has 0 saturated carbocycles. The summed E-state index contributed by atoms with van der Waals surface area (Å²) in [6.07, 6.45) is 1.23. The van der Waals surface area contributed by atoms with Gasteiger partial charge in [0.2, 0.25) is 0 Å². The Labute approximate surface area is 118 Å². The summed E-state index contributed by atoms with van der Waals surface area (Å²) in [6.45, 7) is 5.61. The van der Waals surface area contributed by atoms with Gasteiger partial charge in [-0.25, -0.2) is 14.4 Å². The zero-order valence-electron chi connectivity index (χ0n) is 12.3. The van der Waals surface area contributed by atoms with Crippen LogP contribution in [0.3, 0.4) is 0 Å². The van der Waals surface area contributed by atoms with E-state index in [0.29, 0.717) is 19.4 Å². The monoisotopic (exact) mass is 286 g/mol. The van der Waals surface area contributed by atoms with Crippen LogP contribution in [0.15, 0.2) is 0 Å². The highest BCUT2D eigenvalue weighted by Gasteiger charge is 2.39. The van der Waals surface area contributed by atoms with Gasteiger partial charge in [0.05, 0.1) is 7.11 Å². The molecule has 1 aliphatic rings. The lowest BCUT2D eigenvalue weighted by molar-refractivity contribution is -0.144. The molecule has 2 amide bonds. The van der Waals surface area contributed by atoms with Crippen LogP contribution in [-0.2, 0) is 14.3 Å². The molecule has 2 atom stereocenters. The van der Waals surface area contributed by atoms with Crippen LogP contribution in [0.1, 0.15) is 33.6 Å². The van der Waals surface area contributed by atoms with E-state index in [1.165, 1.54) is 12.0 Å². The Morgan fingerprint density at radius 3 is 2.40 bits per heavy atom.